The van der Waals surface area contributed by atoms with Crippen molar-refractivity contribution in [3.63, 3.8) is 0 Å². The minimum Gasteiger partial charge on any atom is -0.432 e. The largest absolute Gasteiger partial charge is 0.508 e. The molecule has 0 saturated heterocycles. The van der Waals surface area contributed by atoms with Gasteiger partial charge in [-0.2, -0.15) is 0 Å². The lowest BCUT2D eigenvalue weighted by molar-refractivity contribution is 0.0597. The van der Waals surface area contributed by atoms with E-state index in [1.54, 1.807) is 18.2 Å². The van der Waals surface area contributed by atoms with Gasteiger partial charge in [0.2, 0.25) is 30.4 Å². The lowest BCUT2D eigenvalue weighted by Crippen LogP contribution is -2.25. The molecule has 3 unspecified atom stereocenters. The van der Waals surface area contributed by atoms with Gasteiger partial charge in [-0.15, -0.1) is 0 Å². The maximum atomic E-state index is 10.6. The highest BCUT2D eigenvalue weighted by molar-refractivity contribution is 5.59. The van der Waals surface area contributed by atoms with E-state index in [9.17, 15) is 28.8 Å². The predicted molar refractivity (Wildman–Crippen MR) is 123 cm³/mol. The molecule has 3 atom stereocenters. The van der Waals surface area contributed by atoms with Gasteiger partial charge in [0.15, 0.2) is 0 Å². The van der Waals surface area contributed by atoms with Gasteiger partial charge in [-0.25, -0.2) is 53.7 Å². The van der Waals surface area contributed by atoms with Gasteiger partial charge in [-0.3, -0.25) is 0 Å². The van der Waals surface area contributed by atoms with Crippen LogP contribution in [0.4, 0.5) is 4.79 Å². The molecule has 0 aromatic carbocycles. The molecule has 0 aliphatic heterocycles. The van der Waals surface area contributed by atoms with E-state index < -0.39 is 6.16 Å². The Labute approximate surface area is 203 Å². The van der Waals surface area contributed by atoms with Crippen LogP contribution in [0.25, 0.3) is 0 Å². The van der Waals surface area contributed by atoms with Crippen molar-refractivity contribution >= 4 is 36.6 Å². The van der Waals surface area contributed by atoms with E-state index in [0.717, 1.165) is 19.3 Å². The van der Waals surface area contributed by atoms with Crippen LogP contribution in [0.5, 0.6) is 0 Å². The zero-order chi connectivity index (χ0) is 26.8. The van der Waals surface area contributed by atoms with E-state index in [2.05, 4.69) is 41.4 Å². The third-order valence-corrected chi connectivity index (χ3v) is 4.52. The quantitative estimate of drug-likeness (QED) is 0.128. The molecule has 0 saturated carbocycles. The lowest BCUT2D eigenvalue weighted by Gasteiger charge is -2.30. The molecule has 0 radical (unpaired) electrons. The number of ether oxygens (including phenoxy) is 2. The topological polar surface area (TPSA) is 183 Å². The molecule has 0 N–H and O–H groups in total. The van der Waals surface area contributed by atoms with Gasteiger partial charge < -0.3 is 9.47 Å². The summed E-state index contributed by atoms with van der Waals surface area (Å²) in [7, 11) is 0. The van der Waals surface area contributed by atoms with Crippen molar-refractivity contribution in [3.05, 3.63) is 0 Å². The summed E-state index contributed by atoms with van der Waals surface area (Å²) < 4.78 is 8.90. The number of carbonyl (C=O) groups excluding carboxylic acids is 6. The standard InChI is InChI=1S/C15H23N3O3.C7H8N2O5/c1-13(7-16-10-19)4-5-15(3,9-18-12-21)6-14(2)8-17-11-20;10-5-8-1-3-13-7(12)14-4-2-9-6-11/h13-14H,4-9H2,1-3H3;1-4H2. The minimum atomic E-state index is -0.896. The Morgan fingerprint density at radius 1 is 0.743 bits per heavy atom. The summed E-state index contributed by atoms with van der Waals surface area (Å²) >= 11 is 0. The highest BCUT2D eigenvalue weighted by atomic mass is 16.7. The molecule has 192 valence electrons. The first-order chi connectivity index (χ1) is 16.8. The van der Waals surface area contributed by atoms with Gasteiger partial charge in [-0.05, 0) is 36.5 Å². The molecular weight excluding hydrogens is 462 g/mol. The molecule has 13 heteroatoms. The van der Waals surface area contributed by atoms with E-state index in [-0.39, 0.29) is 43.6 Å². The van der Waals surface area contributed by atoms with E-state index in [1.807, 2.05) is 13.8 Å². The zero-order valence-corrected chi connectivity index (χ0v) is 20.2. The van der Waals surface area contributed by atoms with E-state index >= 15 is 0 Å². The molecule has 0 fully saturated rings. The van der Waals surface area contributed by atoms with Crippen LogP contribution in [0.1, 0.15) is 40.0 Å². The van der Waals surface area contributed by atoms with Crippen molar-refractivity contribution in [2.24, 2.45) is 42.2 Å². The third kappa shape index (κ3) is 23.1. The smallest absolute Gasteiger partial charge is 0.432 e. The molecule has 0 rings (SSSR count). The van der Waals surface area contributed by atoms with Crippen molar-refractivity contribution in [1.29, 1.82) is 0 Å². The van der Waals surface area contributed by atoms with Gasteiger partial charge in [0.05, 0.1) is 32.7 Å². The van der Waals surface area contributed by atoms with Crippen LogP contribution in [-0.2, 0) is 33.4 Å². The van der Waals surface area contributed by atoms with Crippen molar-refractivity contribution in [2.75, 3.05) is 45.9 Å². The monoisotopic (exact) mass is 493 g/mol. The van der Waals surface area contributed by atoms with Crippen molar-refractivity contribution < 1.29 is 38.2 Å². The van der Waals surface area contributed by atoms with Crippen LogP contribution >= 0.6 is 0 Å². The molecule has 0 aliphatic carbocycles. The molecule has 0 aromatic heterocycles. The Hall–Kier alpha value is -3.83. The summed E-state index contributed by atoms with van der Waals surface area (Å²) in [6.45, 7) is 7.36. The number of hydrogen-bond acceptors (Lipinski definition) is 13. The number of nitrogens with zero attached hydrogens (tertiary/aromatic N) is 5. The number of hydrogen-bond donors (Lipinski definition) is 0. The summed E-state index contributed by atoms with van der Waals surface area (Å²) in [6.07, 6.45) is 8.86. The van der Waals surface area contributed by atoms with Crippen LogP contribution in [0.2, 0.25) is 0 Å². The summed E-state index contributed by atoms with van der Waals surface area (Å²) in [5.74, 6) is 0.482. The number of isocyanates is 5. The first-order valence-corrected chi connectivity index (χ1v) is 10.8. The van der Waals surface area contributed by atoms with Crippen molar-refractivity contribution in [1.82, 2.24) is 0 Å². The Kier molecular flexibility index (Phi) is 22.2. The van der Waals surface area contributed by atoms with Crippen LogP contribution in [0.15, 0.2) is 25.0 Å². The molecule has 0 heterocycles. The fraction of sp³-hybridized carbons (Fsp3) is 0.727. The number of carbonyl (C=O) groups is 1. The molecule has 0 spiro atoms. The summed E-state index contributed by atoms with van der Waals surface area (Å²) in [4.78, 5) is 77.6. The molecule has 0 bridgehead atoms. The van der Waals surface area contributed by atoms with Crippen molar-refractivity contribution in [2.45, 2.75) is 40.0 Å². The third-order valence-electron chi connectivity index (χ3n) is 4.52. The summed E-state index contributed by atoms with van der Waals surface area (Å²) in [5, 5.41) is 0. The van der Waals surface area contributed by atoms with Crippen LogP contribution in [0.3, 0.4) is 0 Å². The van der Waals surface area contributed by atoms with Gasteiger partial charge in [0, 0.05) is 0 Å². The maximum Gasteiger partial charge on any atom is 0.508 e. The average molecular weight is 494 g/mol. The molecule has 35 heavy (non-hydrogen) atoms. The molecule has 0 aromatic rings. The fourth-order valence-electron chi connectivity index (χ4n) is 2.93. The second kappa shape index (κ2) is 23.3. The normalized spacial score (nSPS) is 12.5. The Balaban J connectivity index is 0. The Morgan fingerprint density at radius 2 is 1.20 bits per heavy atom. The minimum absolute atomic E-state index is 0.0467. The van der Waals surface area contributed by atoms with E-state index in [0.29, 0.717) is 19.6 Å². The van der Waals surface area contributed by atoms with Crippen molar-refractivity contribution in [3.8, 4) is 0 Å². The molecular formula is C22H31N5O8. The molecule has 13 nitrogen and oxygen atoms in total. The Bertz CT molecular complexity index is 824. The van der Waals surface area contributed by atoms with E-state index in [1.165, 1.54) is 12.2 Å². The highest BCUT2D eigenvalue weighted by Gasteiger charge is 2.27. The second-order valence-corrected chi connectivity index (χ2v) is 7.93. The van der Waals surface area contributed by atoms with Gasteiger partial charge in [-0.1, -0.05) is 20.8 Å². The average Bonchev–Trinajstić information content (AvgIpc) is 2.84. The predicted octanol–water partition coefficient (Wildman–Crippen LogP) is 2.25. The summed E-state index contributed by atoms with van der Waals surface area (Å²) in [6, 6.07) is 0. The van der Waals surface area contributed by atoms with Crippen LogP contribution in [0, 0.1) is 17.3 Å². The SMILES string of the molecule is CC(CCC(C)(CN=C=O)CC(C)CN=C=O)CN=C=O.O=C=NCCOC(=O)OCCN=C=O. The van der Waals surface area contributed by atoms with Gasteiger partial charge >= 0.3 is 6.16 Å². The molecule has 0 aliphatic rings. The Morgan fingerprint density at radius 3 is 1.66 bits per heavy atom. The number of aliphatic imine (C=N–C) groups is 5. The first-order valence-electron chi connectivity index (χ1n) is 10.8. The zero-order valence-electron chi connectivity index (χ0n) is 20.2. The highest BCUT2D eigenvalue weighted by Crippen LogP contribution is 2.33. The maximum absolute atomic E-state index is 10.6. The lowest BCUT2D eigenvalue weighted by atomic mass is 9.76. The van der Waals surface area contributed by atoms with Crippen LogP contribution in [-0.4, -0.2) is 82.5 Å². The molecule has 0 amide bonds. The van der Waals surface area contributed by atoms with Crippen LogP contribution < -0.4 is 0 Å². The van der Waals surface area contributed by atoms with Gasteiger partial charge in [0.25, 0.3) is 0 Å². The van der Waals surface area contributed by atoms with E-state index in [4.69, 9.17) is 0 Å². The number of rotatable bonds is 17. The summed E-state index contributed by atoms with van der Waals surface area (Å²) in [5.41, 5.74) is -0.158. The second-order valence-electron chi connectivity index (χ2n) is 7.93. The van der Waals surface area contributed by atoms with Gasteiger partial charge in [0.1, 0.15) is 13.2 Å². The first kappa shape index (κ1) is 33.3. The fourth-order valence-corrected chi connectivity index (χ4v) is 2.93.